The maximum Gasteiger partial charge on any atom is 0.305 e. The number of carboxylic acid groups (broad SMARTS) is 1. The van der Waals surface area contributed by atoms with Crippen molar-refractivity contribution in [2.24, 2.45) is 5.92 Å². The molecule has 2 N–H and O–H groups in total. The largest absolute Gasteiger partial charge is 0.481 e. The lowest BCUT2D eigenvalue weighted by Gasteiger charge is -2.24. The van der Waals surface area contributed by atoms with Gasteiger partial charge in [0.1, 0.15) is 5.82 Å². The van der Waals surface area contributed by atoms with Gasteiger partial charge in [-0.2, -0.15) is 0 Å². The van der Waals surface area contributed by atoms with Gasteiger partial charge in [-0.05, 0) is 30.5 Å². The van der Waals surface area contributed by atoms with Crippen LogP contribution in [-0.2, 0) is 14.4 Å². The van der Waals surface area contributed by atoms with Crippen molar-refractivity contribution >= 4 is 17.8 Å². The molecule has 1 saturated heterocycles. The molecule has 2 aliphatic rings. The van der Waals surface area contributed by atoms with Gasteiger partial charge in [-0.25, -0.2) is 4.39 Å². The number of carboxylic acids is 1. The lowest BCUT2D eigenvalue weighted by molar-refractivity contribution is -0.138. The van der Waals surface area contributed by atoms with Crippen molar-refractivity contribution in [3.63, 3.8) is 0 Å². The van der Waals surface area contributed by atoms with Crippen LogP contribution in [-0.4, -0.2) is 40.4 Å². The van der Waals surface area contributed by atoms with Crippen LogP contribution in [0.1, 0.15) is 50.1 Å². The number of carbonyl (C=O) groups excluding carboxylic acids is 2. The van der Waals surface area contributed by atoms with Crippen molar-refractivity contribution in [1.82, 2.24) is 10.2 Å². The predicted molar refractivity (Wildman–Crippen MR) is 91.6 cm³/mol. The molecule has 26 heavy (non-hydrogen) atoms. The van der Waals surface area contributed by atoms with E-state index in [1.165, 1.54) is 24.3 Å². The molecule has 0 unspecified atom stereocenters. The normalized spacial score (nSPS) is 21.8. The average molecular weight is 362 g/mol. The highest BCUT2D eigenvalue weighted by molar-refractivity contribution is 5.89. The molecule has 140 valence electrons. The van der Waals surface area contributed by atoms with E-state index in [2.05, 4.69) is 5.32 Å². The van der Waals surface area contributed by atoms with E-state index in [0.717, 1.165) is 25.7 Å². The van der Waals surface area contributed by atoms with Crippen LogP contribution in [0.5, 0.6) is 0 Å². The van der Waals surface area contributed by atoms with Gasteiger partial charge in [0.15, 0.2) is 0 Å². The Morgan fingerprint density at radius 2 is 1.88 bits per heavy atom. The van der Waals surface area contributed by atoms with Gasteiger partial charge in [0.25, 0.3) is 0 Å². The minimum Gasteiger partial charge on any atom is -0.481 e. The zero-order valence-corrected chi connectivity index (χ0v) is 14.5. The molecule has 1 aromatic carbocycles. The fourth-order valence-electron chi connectivity index (χ4n) is 3.89. The Morgan fingerprint density at radius 1 is 1.23 bits per heavy atom. The first kappa shape index (κ1) is 18.4. The Bertz CT molecular complexity index is 685. The van der Waals surface area contributed by atoms with Gasteiger partial charge < -0.3 is 15.3 Å². The molecular weight excluding hydrogens is 339 g/mol. The van der Waals surface area contributed by atoms with Gasteiger partial charge in [0.2, 0.25) is 11.8 Å². The van der Waals surface area contributed by atoms with Crippen LogP contribution >= 0.6 is 0 Å². The van der Waals surface area contributed by atoms with Gasteiger partial charge in [-0.15, -0.1) is 0 Å². The Morgan fingerprint density at radius 3 is 2.50 bits per heavy atom. The van der Waals surface area contributed by atoms with Crippen molar-refractivity contribution in [1.29, 1.82) is 0 Å². The first-order valence-electron chi connectivity index (χ1n) is 9.01. The van der Waals surface area contributed by atoms with Crippen LogP contribution in [0.25, 0.3) is 0 Å². The standard InChI is InChI=1S/C19H23FN2O4/c20-14-7-5-12(6-8-14)16(10-18(24)25)21-19(26)13-9-17(23)22(11-13)15-3-1-2-4-15/h5-8,13,15-16H,1-4,9-11H2,(H,21,26)(H,24,25)/t13-,16-/m0/s1. The number of nitrogens with one attached hydrogen (secondary N) is 1. The first-order chi connectivity index (χ1) is 12.4. The number of hydrogen-bond acceptors (Lipinski definition) is 3. The second kappa shape index (κ2) is 7.85. The topological polar surface area (TPSA) is 86.7 Å². The van der Waals surface area contributed by atoms with E-state index in [1.54, 1.807) is 4.90 Å². The molecule has 0 aromatic heterocycles. The molecule has 1 aliphatic carbocycles. The van der Waals surface area contributed by atoms with E-state index in [4.69, 9.17) is 5.11 Å². The fraction of sp³-hybridized carbons (Fsp3) is 0.526. The molecule has 7 heteroatoms. The minimum atomic E-state index is -1.06. The third-order valence-electron chi connectivity index (χ3n) is 5.26. The summed E-state index contributed by atoms with van der Waals surface area (Å²) in [7, 11) is 0. The van der Waals surface area contributed by atoms with Gasteiger partial charge in [0.05, 0.1) is 18.4 Å². The molecular formula is C19H23FN2O4. The lowest BCUT2D eigenvalue weighted by atomic mass is 10.0. The molecule has 0 bridgehead atoms. The lowest BCUT2D eigenvalue weighted by Crippen LogP contribution is -2.38. The summed E-state index contributed by atoms with van der Waals surface area (Å²) < 4.78 is 13.1. The summed E-state index contributed by atoms with van der Waals surface area (Å²) in [6, 6.07) is 4.87. The number of hydrogen-bond donors (Lipinski definition) is 2. The predicted octanol–water partition coefficient (Wildman–Crippen LogP) is 2.25. The van der Waals surface area contributed by atoms with E-state index in [9.17, 15) is 18.8 Å². The van der Waals surface area contributed by atoms with Gasteiger partial charge >= 0.3 is 5.97 Å². The first-order valence-corrected chi connectivity index (χ1v) is 9.01. The summed E-state index contributed by atoms with van der Waals surface area (Å²) in [6.07, 6.45) is 4.04. The number of amides is 2. The summed E-state index contributed by atoms with van der Waals surface area (Å²) in [5.74, 6) is -2.29. The van der Waals surface area contributed by atoms with Crippen molar-refractivity contribution in [3.05, 3.63) is 35.6 Å². The SMILES string of the molecule is O=C(O)C[C@H](NC(=O)[C@H]1CC(=O)N(C2CCCC2)C1)c1ccc(F)cc1. The Labute approximate surface area is 151 Å². The van der Waals surface area contributed by atoms with E-state index in [0.29, 0.717) is 12.1 Å². The smallest absolute Gasteiger partial charge is 0.305 e. The highest BCUT2D eigenvalue weighted by atomic mass is 19.1. The molecule has 0 spiro atoms. The van der Waals surface area contributed by atoms with Crippen LogP contribution in [0, 0.1) is 11.7 Å². The van der Waals surface area contributed by atoms with Crippen LogP contribution in [0.4, 0.5) is 4.39 Å². The fourth-order valence-corrected chi connectivity index (χ4v) is 3.89. The minimum absolute atomic E-state index is 0.00591. The second-order valence-electron chi connectivity index (χ2n) is 7.10. The van der Waals surface area contributed by atoms with E-state index in [-0.39, 0.29) is 30.7 Å². The molecule has 1 saturated carbocycles. The van der Waals surface area contributed by atoms with Crippen LogP contribution < -0.4 is 5.32 Å². The average Bonchev–Trinajstić information content (AvgIpc) is 3.23. The summed E-state index contributed by atoms with van der Waals surface area (Å²) >= 11 is 0. The highest BCUT2D eigenvalue weighted by Crippen LogP contribution is 2.30. The van der Waals surface area contributed by atoms with E-state index in [1.807, 2.05) is 0 Å². The molecule has 2 atom stereocenters. The van der Waals surface area contributed by atoms with E-state index < -0.39 is 23.7 Å². The summed E-state index contributed by atoms with van der Waals surface area (Å²) in [6.45, 7) is 0.387. The van der Waals surface area contributed by atoms with Crippen molar-refractivity contribution in [2.75, 3.05) is 6.54 Å². The molecule has 3 rings (SSSR count). The van der Waals surface area contributed by atoms with Gasteiger partial charge in [-0.1, -0.05) is 25.0 Å². The van der Waals surface area contributed by atoms with Crippen molar-refractivity contribution in [2.45, 2.75) is 50.6 Å². The summed E-state index contributed by atoms with van der Waals surface area (Å²) in [4.78, 5) is 37.8. The molecule has 6 nitrogen and oxygen atoms in total. The summed E-state index contributed by atoms with van der Waals surface area (Å²) in [5, 5.41) is 11.9. The zero-order valence-electron chi connectivity index (χ0n) is 14.5. The highest BCUT2D eigenvalue weighted by Gasteiger charge is 2.39. The monoisotopic (exact) mass is 362 g/mol. The van der Waals surface area contributed by atoms with Crippen LogP contribution in [0.15, 0.2) is 24.3 Å². The molecule has 2 fully saturated rings. The quantitative estimate of drug-likeness (QED) is 0.813. The molecule has 2 amide bonds. The maximum absolute atomic E-state index is 13.1. The Balaban J connectivity index is 1.66. The third kappa shape index (κ3) is 4.20. The molecule has 0 radical (unpaired) electrons. The van der Waals surface area contributed by atoms with Gasteiger partial charge in [0, 0.05) is 19.0 Å². The summed E-state index contributed by atoms with van der Waals surface area (Å²) in [5.41, 5.74) is 0.527. The number of likely N-dealkylation sites (tertiary alicyclic amines) is 1. The van der Waals surface area contributed by atoms with Crippen molar-refractivity contribution in [3.8, 4) is 0 Å². The molecule has 1 aromatic rings. The molecule has 1 aliphatic heterocycles. The number of rotatable bonds is 6. The van der Waals surface area contributed by atoms with E-state index >= 15 is 0 Å². The number of aliphatic carboxylic acids is 1. The number of halogens is 1. The number of nitrogens with zero attached hydrogens (tertiary/aromatic N) is 1. The van der Waals surface area contributed by atoms with Crippen molar-refractivity contribution < 1.29 is 23.9 Å². The Kier molecular flexibility index (Phi) is 5.54. The van der Waals surface area contributed by atoms with Crippen LogP contribution in [0.3, 0.4) is 0 Å². The number of benzene rings is 1. The van der Waals surface area contributed by atoms with Crippen LogP contribution in [0.2, 0.25) is 0 Å². The zero-order chi connectivity index (χ0) is 18.7. The second-order valence-corrected chi connectivity index (χ2v) is 7.10. The van der Waals surface area contributed by atoms with Gasteiger partial charge in [-0.3, -0.25) is 14.4 Å². The Hall–Kier alpha value is -2.44. The third-order valence-corrected chi connectivity index (χ3v) is 5.26. The number of carbonyl (C=O) groups is 3. The maximum atomic E-state index is 13.1. The molecule has 1 heterocycles.